The molecule has 0 aromatic heterocycles. The molecule has 1 aliphatic rings. The second kappa shape index (κ2) is 6.91. The summed E-state index contributed by atoms with van der Waals surface area (Å²) in [5, 5.41) is 2.82. The van der Waals surface area contributed by atoms with Gasteiger partial charge in [0.25, 0.3) is 0 Å². The average Bonchev–Trinajstić information content (AvgIpc) is 2.57. The van der Waals surface area contributed by atoms with Crippen molar-refractivity contribution in [1.29, 1.82) is 0 Å². The number of carbonyl (C=O) groups is 1. The van der Waals surface area contributed by atoms with Crippen LogP contribution in [0.1, 0.15) is 12.5 Å². The number of nitrogens with one attached hydrogen (secondary N) is 1. The number of urea groups is 1. The molecule has 1 N–H and O–H groups in total. The summed E-state index contributed by atoms with van der Waals surface area (Å²) in [5.41, 5.74) is 3.03. The third kappa shape index (κ3) is 3.67. The summed E-state index contributed by atoms with van der Waals surface area (Å²) in [6, 6.07) is 14.3. The number of rotatable bonds is 2. The molecule has 0 bridgehead atoms. The van der Waals surface area contributed by atoms with E-state index in [-0.39, 0.29) is 17.9 Å². The molecule has 1 heterocycles. The number of hydrogen-bond acceptors (Lipinski definition) is 2. The molecule has 1 saturated heterocycles. The lowest BCUT2D eigenvalue weighted by Crippen LogP contribution is -2.54. The van der Waals surface area contributed by atoms with E-state index in [1.54, 1.807) is 17.0 Å². The van der Waals surface area contributed by atoms with Crippen molar-refractivity contribution in [2.45, 2.75) is 19.9 Å². The maximum absolute atomic E-state index is 12.9. The maximum atomic E-state index is 12.9. The van der Waals surface area contributed by atoms with E-state index in [1.165, 1.54) is 23.4 Å². The minimum Gasteiger partial charge on any atom is -0.365 e. The predicted molar refractivity (Wildman–Crippen MR) is 95.0 cm³/mol. The van der Waals surface area contributed by atoms with E-state index >= 15 is 0 Å². The van der Waals surface area contributed by atoms with Crippen LogP contribution in [0.5, 0.6) is 0 Å². The molecule has 1 fully saturated rings. The number of nitrogens with zero attached hydrogens (tertiary/aromatic N) is 2. The van der Waals surface area contributed by atoms with Crippen molar-refractivity contribution in [2.24, 2.45) is 0 Å². The summed E-state index contributed by atoms with van der Waals surface area (Å²) in [5.74, 6) is -0.312. The molecule has 0 radical (unpaired) electrons. The van der Waals surface area contributed by atoms with Crippen LogP contribution < -0.4 is 10.2 Å². The fourth-order valence-corrected chi connectivity index (χ4v) is 3.07. The molecular weight excluding hydrogens is 305 g/mol. The molecule has 126 valence electrons. The summed E-state index contributed by atoms with van der Waals surface area (Å²) >= 11 is 0. The van der Waals surface area contributed by atoms with Crippen LogP contribution in [-0.2, 0) is 0 Å². The highest BCUT2D eigenvalue weighted by Crippen LogP contribution is 2.22. The summed E-state index contributed by atoms with van der Waals surface area (Å²) in [6.45, 7) is 6.31. The summed E-state index contributed by atoms with van der Waals surface area (Å²) < 4.78 is 12.9. The largest absolute Gasteiger partial charge is 0.365 e. The van der Waals surface area contributed by atoms with E-state index in [0.717, 1.165) is 6.54 Å². The van der Waals surface area contributed by atoms with Crippen LogP contribution in [0.2, 0.25) is 0 Å². The van der Waals surface area contributed by atoms with Crippen molar-refractivity contribution in [3.05, 3.63) is 59.9 Å². The molecule has 2 aromatic carbocycles. The fraction of sp³-hybridized carbons (Fsp3) is 0.316. The van der Waals surface area contributed by atoms with Gasteiger partial charge in [-0.1, -0.05) is 12.1 Å². The number of anilines is 2. The molecule has 1 atom stereocenters. The summed E-state index contributed by atoms with van der Waals surface area (Å²) in [7, 11) is 0. The third-order valence-corrected chi connectivity index (χ3v) is 4.34. The Hall–Kier alpha value is -2.56. The molecule has 3 rings (SSSR count). The van der Waals surface area contributed by atoms with E-state index in [1.807, 2.05) is 0 Å². The molecule has 0 unspecified atom stereocenters. The highest BCUT2D eigenvalue weighted by Gasteiger charge is 2.26. The number of halogens is 1. The van der Waals surface area contributed by atoms with Gasteiger partial charge in [0.05, 0.1) is 0 Å². The second-order valence-corrected chi connectivity index (χ2v) is 6.26. The molecule has 0 saturated carbocycles. The Morgan fingerprint density at radius 3 is 2.58 bits per heavy atom. The average molecular weight is 327 g/mol. The van der Waals surface area contributed by atoms with Crippen LogP contribution in [0.25, 0.3) is 0 Å². The lowest BCUT2D eigenvalue weighted by atomic mass is 10.1. The van der Waals surface area contributed by atoms with Crippen molar-refractivity contribution in [2.75, 3.05) is 29.9 Å². The zero-order valence-electron chi connectivity index (χ0n) is 14.0. The number of amides is 2. The van der Waals surface area contributed by atoms with Crippen molar-refractivity contribution in [1.82, 2.24) is 4.90 Å². The Morgan fingerprint density at radius 1 is 1.17 bits per heavy atom. The number of piperazine rings is 1. The van der Waals surface area contributed by atoms with Gasteiger partial charge in [0.15, 0.2) is 0 Å². The summed E-state index contributed by atoms with van der Waals surface area (Å²) in [4.78, 5) is 16.5. The Labute approximate surface area is 141 Å². The van der Waals surface area contributed by atoms with E-state index in [9.17, 15) is 9.18 Å². The first-order chi connectivity index (χ1) is 11.5. The molecule has 0 aliphatic carbocycles. The molecule has 5 heteroatoms. The lowest BCUT2D eigenvalue weighted by Gasteiger charge is -2.41. The van der Waals surface area contributed by atoms with Crippen LogP contribution in [0.15, 0.2) is 48.5 Å². The first kappa shape index (κ1) is 16.3. The quantitative estimate of drug-likeness (QED) is 0.909. The van der Waals surface area contributed by atoms with Gasteiger partial charge in [-0.05, 0) is 55.8 Å². The predicted octanol–water partition coefficient (Wildman–Crippen LogP) is 3.88. The van der Waals surface area contributed by atoms with Gasteiger partial charge in [0.2, 0.25) is 0 Å². The Kier molecular flexibility index (Phi) is 4.69. The van der Waals surface area contributed by atoms with Gasteiger partial charge in [-0.15, -0.1) is 0 Å². The molecule has 1 aliphatic heterocycles. The van der Waals surface area contributed by atoms with Crippen LogP contribution >= 0.6 is 0 Å². The lowest BCUT2D eigenvalue weighted by molar-refractivity contribution is 0.200. The molecule has 4 nitrogen and oxygen atoms in total. The van der Waals surface area contributed by atoms with Gasteiger partial charge in [-0.2, -0.15) is 0 Å². The minimum atomic E-state index is -0.312. The fourth-order valence-electron chi connectivity index (χ4n) is 3.07. The number of benzene rings is 2. The van der Waals surface area contributed by atoms with E-state index in [0.29, 0.717) is 18.8 Å². The molecule has 24 heavy (non-hydrogen) atoms. The van der Waals surface area contributed by atoms with Gasteiger partial charge in [-0.3, -0.25) is 0 Å². The van der Waals surface area contributed by atoms with Crippen LogP contribution in [0, 0.1) is 12.7 Å². The third-order valence-electron chi connectivity index (χ3n) is 4.34. The van der Waals surface area contributed by atoms with E-state index in [4.69, 9.17) is 0 Å². The maximum Gasteiger partial charge on any atom is 0.321 e. The highest BCUT2D eigenvalue weighted by atomic mass is 19.1. The van der Waals surface area contributed by atoms with Gasteiger partial charge < -0.3 is 15.1 Å². The van der Waals surface area contributed by atoms with Gasteiger partial charge in [0, 0.05) is 37.1 Å². The van der Waals surface area contributed by atoms with Crippen LogP contribution in [-0.4, -0.2) is 36.6 Å². The zero-order valence-corrected chi connectivity index (χ0v) is 14.0. The molecule has 0 spiro atoms. The Bertz CT molecular complexity index is 717. The number of aryl methyl sites for hydroxylation is 1. The van der Waals surface area contributed by atoms with Gasteiger partial charge in [0.1, 0.15) is 5.82 Å². The number of hydrogen-bond donors (Lipinski definition) is 1. The molecular formula is C19H22FN3O. The van der Waals surface area contributed by atoms with E-state index in [2.05, 4.69) is 48.3 Å². The topological polar surface area (TPSA) is 35.6 Å². The minimum absolute atomic E-state index is 0.141. The zero-order chi connectivity index (χ0) is 17.1. The van der Waals surface area contributed by atoms with Crippen molar-refractivity contribution in [3.63, 3.8) is 0 Å². The smallest absolute Gasteiger partial charge is 0.321 e. The SMILES string of the molecule is Cc1cccc(N2CCN(C(=O)Nc3ccc(F)cc3)C[C@H]2C)c1. The van der Waals surface area contributed by atoms with Crippen molar-refractivity contribution < 1.29 is 9.18 Å². The number of carbonyl (C=O) groups excluding carboxylic acids is 1. The van der Waals surface area contributed by atoms with E-state index < -0.39 is 0 Å². The van der Waals surface area contributed by atoms with Crippen LogP contribution in [0.3, 0.4) is 0 Å². The first-order valence-electron chi connectivity index (χ1n) is 8.18. The second-order valence-electron chi connectivity index (χ2n) is 6.26. The highest BCUT2D eigenvalue weighted by molar-refractivity contribution is 5.89. The van der Waals surface area contributed by atoms with Crippen molar-refractivity contribution in [3.8, 4) is 0 Å². The monoisotopic (exact) mass is 327 g/mol. The van der Waals surface area contributed by atoms with Gasteiger partial charge in [-0.25, -0.2) is 9.18 Å². The standard InChI is InChI=1S/C19H22FN3O/c1-14-4-3-5-18(12-14)23-11-10-22(13-15(23)2)19(24)21-17-8-6-16(20)7-9-17/h3-9,12,15H,10-11,13H2,1-2H3,(H,21,24)/t15-/m1/s1. The normalized spacial score (nSPS) is 17.7. The summed E-state index contributed by atoms with van der Waals surface area (Å²) in [6.07, 6.45) is 0. The van der Waals surface area contributed by atoms with Crippen LogP contribution in [0.4, 0.5) is 20.6 Å². The first-order valence-corrected chi connectivity index (χ1v) is 8.18. The van der Waals surface area contributed by atoms with Gasteiger partial charge >= 0.3 is 6.03 Å². The Balaban J connectivity index is 1.62. The molecule has 2 amide bonds. The molecule has 2 aromatic rings. The van der Waals surface area contributed by atoms with Crippen molar-refractivity contribution >= 4 is 17.4 Å². The Morgan fingerprint density at radius 2 is 1.92 bits per heavy atom.